The van der Waals surface area contributed by atoms with Crippen molar-refractivity contribution in [2.75, 3.05) is 6.54 Å². The first-order valence-corrected chi connectivity index (χ1v) is 4.70. The van der Waals surface area contributed by atoms with Crippen LogP contribution in [-0.2, 0) is 10.0 Å². The van der Waals surface area contributed by atoms with Gasteiger partial charge in [0.05, 0.1) is 5.25 Å². The lowest BCUT2D eigenvalue weighted by Crippen LogP contribution is -2.30. The molecule has 60 valence electrons. The predicted molar refractivity (Wildman–Crippen MR) is 42.3 cm³/mol. The molecule has 1 N–H and O–H groups in total. The molecule has 3 nitrogen and oxygen atoms in total. The summed E-state index contributed by atoms with van der Waals surface area (Å²) in [6.07, 6.45) is 1.40. The highest BCUT2D eigenvalue weighted by molar-refractivity contribution is 7.90. The number of hydrogen-bond donors (Lipinski definition) is 1. The van der Waals surface area contributed by atoms with Gasteiger partial charge in [-0.15, -0.1) is 6.58 Å². The number of hydrogen-bond acceptors (Lipinski definition) is 2. The molecule has 1 unspecified atom stereocenters. The van der Waals surface area contributed by atoms with Gasteiger partial charge in [-0.3, -0.25) is 0 Å². The Labute approximate surface area is 62.2 Å². The molecule has 4 heteroatoms. The highest BCUT2D eigenvalue weighted by Crippen LogP contribution is 1.97. The van der Waals surface area contributed by atoms with Crippen molar-refractivity contribution in [3.8, 4) is 0 Å². The summed E-state index contributed by atoms with van der Waals surface area (Å²) in [4.78, 5) is 0. The van der Waals surface area contributed by atoms with Crippen LogP contribution in [0.4, 0.5) is 0 Å². The first-order valence-electron chi connectivity index (χ1n) is 3.15. The summed E-state index contributed by atoms with van der Waals surface area (Å²) in [5, 5.41) is -0.507. The van der Waals surface area contributed by atoms with Gasteiger partial charge in [0, 0.05) is 6.54 Å². The van der Waals surface area contributed by atoms with Crippen molar-refractivity contribution in [3.63, 3.8) is 0 Å². The summed E-state index contributed by atoms with van der Waals surface area (Å²) in [6.45, 7) is 7.15. The van der Waals surface area contributed by atoms with E-state index in [4.69, 9.17) is 0 Å². The normalized spacial score (nSPS) is 14.6. The van der Waals surface area contributed by atoms with E-state index in [1.165, 1.54) is 6.08 Å². The average Bonchev–Trinajstić information content (AvgIpc) is 1.86. The Morgan fingerprint density at radius 1 is 1.70 bits per heavy atom. The zero-order valence-electron chi connectivity index (χ0n) is 6.29. The Morgan fingerprint density at radius 2 is 2.20 bits per heavy atom. The number of sulfonamides is 1. The molecule has 0 saturated carbocycles. The quantitative estimate of drug-likeness (QED) is 0.613. The number of nitrogens with one attached hydrogen (secondary N) is 1. The molecule has 10 heavy (non-hydrogen) atoms. The molecule has 0 radical (unpaired) electrons. The van der Waals surface area contributed by atoms with E-state index in [-0.39, 0.29) is 0 Å². The van der Waals surface area contributed by atoms with Crippen LogP contribution in [0.15, 0.2) is 12.7 Å². The fraction of sp³-hybridized carbons (Fsp3) is 0.667. The highest BCUT2D eigenvalue weighted by atomic mass is 32.2. The van der Waals surface area contributed by atoms with Crippen molar-refractivity contribution in [1.82, 2.24) is 4.72 Å². The van der Waals surface area contributed by atoms with Crippen LogP contribution in [0.25, 0.3) is 0 Å². The Bertz CT molecular complexity index is 196. The second-order valence-corrected chi connectivity index (χ2v) is 4.11. The van der Waals surface area contributed by atoms with Gasteiger partial charge in [-0.25, -0.2) is 13.1 Å². The zero-order chi connectivity index (χ0) is 8.20. The van der Waals surface area contributed by atoms with E-state index in [9.17, 15) is 8.42 Å². The van der Waals surface area contributed by atoms with Crippen LogP contribution < -0.4 is 4.72 Å². The van der Waals surface area contributed by atoms with Crippen molar-refractivity contribution < 1.29 is 8.42 Å². The van der Waals surface area contributed by atoms with Crippen molar-refractivity contribution in [2.45, 2.75) is 19.1 Å². The third-order valence-corrected chi connectivity index (χ3v) is 3.03. The lowest BCUT2D eigenvalue weighted by molar-refractivity contribution is 0.579. The largest absolute Gasteiger partial charge is 0.217 e. The molecule has 0 amide bonds. The molecular weight excluding hydrogens is 150 g/mol. The smallest absolute Gasteiger partial charge is 0.215 e. The fourth-order valence-electron chi connectivity index (χ4n) is 0.459. The van der Waals surface area contributed by atoms with Gasteiger partial charge >= 0.3 is 0 Å². The van der Waals surface area contributed by atoms with Gasteiger partial charge in [-0.05, 0) is 6.92 Å². The summed E-state index contributed by atoms with van der Waals surface area (Å²) in [5.41, 5.74) is 0. The van der Waals surface area contributed by atoms with Crippen LogP contribution in [0, 0.1) is 0 Å². The predicted octanol–water partition coefficient (Wildman–Crippen LogP) is 0.500. The third kappa shape index (κ3) is 2.49. The lowest BCUT2D eigenvalue weighted by atomic mass is 10.5. The SMILES string of the molecule is C=CC(C)S(=O)(=O)NCC. The second-order valence-electron chi connectivity index (χ2n) is 1.98. The van der Waals surface area contributed by atoms with Crippen LogP contribution in [0.5, 0.6) is 0 Å². The first-order chi connectivity index (χ1) is 4.54. The van der Waals surface area contributed by atoms with Crippen molar-refractivity contribution in [1.29, 1.82) is 0 Å². The van der Waals surface area contributed by atoms with Crippen LogP contribution in [0.3, 0.4) is 0 Å². The van der Waals surface area contributed by atoms with Gasteiger partial charge in [0.15, 0.2) is 0 Å². The molecule has 0 aliphatic rings. The summed E-state index contributed by atoms with van der Waals surface area (Å²) in [5.74, 6) is 0. The maximum Gasteiger partial charge on any atom is 0.217 e. The van der Waals surface area contributed by atoms with Gasteiger partial charge in [0.2, 0.25) is 10.0 Å². The molecule has 0 fully saturated rings. The molecule has 1 atom stereocenters. The molecule has 0 aromatic carbocycles. The Hall–Kier alpha value is -0.350. The van der Waals surface area contributed by atoms with Crippen LogP contribution >= 0.6 is 0 Å². The van der Waals surface area contributed by atoms with E-state index < -0.39 is 15.3 Å². The highest BCUT2D eigenvalue weighted by Gasteiger charge is 2.14. The first kappa shape index (κ1) is 9.65. The Morgan fingerprint density at radius 3 is 2.50 bits per heavy atom. The molecule has 0 aromatic rings. The summed E-state index contributed by atoms with van der Waals surface area (Å²) >= 11 is 0. The van der Waals surface area contributed by atoms with E-state index in [0.29, 0.717) is 6.54 Å². The van der Waals surface area contributed by atoms with Crippen LogP contribution in [0.2, 0.25) is 0 Å². The molecule has 0 spiro atoms. The Kier molecular flexibility index (Phi) is 3.60. The van der Waals surface area contributed by atoms with E-state index in [2.05, 4.69) is 11.3 Å². The van der Waals surface area contributed by atoms with Gasteiger partial charge in [-0.2, -0.15) is 0 Å². The van der Waals surface area contributed by atoms with Gasteiger partial charge in [0.1, 0.15) is 0 Å². The zero-order valence-corrected chi connectivity index (χ0v) is 7.11. The van der Waals surface area contributed by atoms with E-state index in [1.54, 1.807) is 13.8 Å². The molecule has 0 heterocycles. The van der Waals surface area contributed by atoms with E-state index in [1.807, 2.05) is 0 Å². The second kappa shape index (κ2) is 3.73. The standard InChI is InChI=1S/C6H13NO2S/c1-4-6(3)10(8,9)7-5-2/h4,6-7H,1,5H2,2-3H3. The van der Waals surface area contributed by atoms with Crippen molar-refractivity contribution in [3.05, 3.63) is 12.7 Å². The minimum atomic E-state index is -3.13. The van der Waals surface area contributed by atoms with E-state index in [0.717, 1.165) is 0 Å². The number of rotatable bonds is 4. The molecule has 0 saturated heterocycles. The maximum absolute atomic E-state index is 11.0. The Balaban J connectivity index is 4.26. The molecule has 0 aromatic heterocycles. The minimum Gasteiger partial charge on any atom is -0.215 e. The summed E-state index contributed by atoms with van der Waals surface area (Å²) in [7, 11) is -3.13. The van der Waals surface area contributed by atoms with Gasteiger partial charge < -0.3 is 0 Å². The fourth-order valence-corrected chi connectivity index (χ4v) is 1.38. The molecular formula is C6H13NO2S. The third-order valence-electron chi connectivity index (χ3n) is 1.17. The topological polar surface area (TPSA) is 46.2 Å². The maximum atomic E-state index is 11.0. The van der Waals surface area contributed by atoms with Crippen molar-refractivity contribution in [2.24, 2.45) is 0 Å². The van der Waals surface area contributed by atoms with Crippen LogP contribution in [-0.4, -0.2) is 20.2 Å². The molecule has 0 rings (SSSR count). The molecule has 0 aliphatic heterocycles. The van der Waals surface area contributed by atoms with Gasteiger partial charge in [-0.1, -0.05) is 13.0 Å². The average molecular weight is 163 g/mol. The van der Waals surface area contributed by atoms with Crippen LogP contribution in [0.1, 0.15) is 13.8 Å². The summed E-state index contributed by atoms with van der Waals surface area (Å²) < 4.78 is 24.3. The van der Waals surface area contributed by atoms with Gasteiger partial charge in [0.25, 0.3) is 0 Å². The van der Waals surface area contributed by atoms with Crippen molar-refractivity contribution >= 4 is 10.0 Å². The summed E-state index contributed by atoms with van der Waals surface area (Å²) in [6, 6.07) is 0. The monoisotopic (exact) mass is 163 g/mol. The lowest BCUT2D eigenvalue weighted by Gasteiger charge is -2.06. The molecule has 0 bridgehead atoms. The van der Waals surface area contributed by atoms with E-state index >= 15 is 0 Å². The minimum absolute atomic E-state index is 0.431. The molecule has 0 aliphatic carbocycles.